The number of alkyl halides is 2. The van der Waals surface area contributed by atoms with Gasteiger partial charge in [0, 0.05) is 35.6 Å². The molecule has 4 heterocycles. The van der Waals surface area contributed by atoms with Gasteiger partial charge in [-0.15, -0.1) is 0 Å². The lowest BCUT2D eigenvalue weighted by atomic mass is 10.0. The molecular weight excluding hydrogens is 400 g/mol. The molecule has 10 heteroatoms. The molecule has 0 amide bonds. The van der Waals surface area contributed by atoms with Crippen molar-refractivity contribution in [2.45, 2.75) is 25.4 Å². The minimum absolute atomic E-state index is 0.293. The summed E-state index contributed by atoms with van der Waals surface area (Å²) >= 11 is 0. The van der Waals surface area contributed by atoms with E-state index in [4.69, 9.17) is 0 Å². The molecule has 0 saturated carbocycles. The molecule has 1 atom stereocenters. The maximum Gasteiger partial charge on any atom is 0.333 e. The van der Waals surface area contributed by atoms with Gasteiger partial charge < -0.3 is 4.90 Å². The van der Waals surface area contributed by atoms with Crippen LogP contribution in [-0.4, -0.2) is 30.9 Å². The fraction of sp³-hybridized carbons (Fsp3) is 0.250. The molecule has 0 spiro atoms. The predicted octanol–water partition coefficient (Wildman–Crippen LogP) is 4.61. The number of hydrogen-bond donors (Lipinski definition) is 0. The summed E-state index contributed by atoms with van der Waals surface area (Å²) in [6, 6.07) is 4.86. The summed E-state index contributed by atoms with van der Waals surface area (Å²) in [4.78, 5) is 6.59. The number of fused-ring (bicyclic) bond motifs is 1. The molecule has 0 bridgehead atoms. The molecule has 3 aromatic heterocycles. The van der Waals surface area contributed by atoms with Crippen LogP contribution in [0.25, 0.3) is 16.8 Å². The first-order valence-electron chi connectivity index (χ1n) is 9.40. The summed E-state index contributed by atoms with van der Waals surface area (Å²) in [5, 5.41) is 7.88. The highest BCUT2D eigenvalue weighted by Gasteiger charge is 2.30. The molecule has 1 aliphatic rings. The van der Waals surface area contributed by atoms with Crippen molar-refractivity contribution in [3.8, 4) is 11.1 Å². The van der Waals surface area contributed by atoms with E-state index in [0.717, 1.165) is 18.6 Å². The molecule has 1 fully saturated rings. The lowest BCUT2D eigenvalue weighted by molar-refractivity contribution is 0.0566. The van der Waals surface area contributed by atoms with Crippen molar-refractivity contribution in [1.82, 2.24) is 24.4 Å². The van der Waals surface area contributed by atoms with Crippen LogP contribution in [0.2, 0.25) is 0 Å². The Labute approximate surface area is 168 Å². The Morgan fingerprint density at radius 1 is 1.07 bits per heavy atom. The second-order valence-electron chi connectivity index (χ2n) is 7.12. The molecule has 0 N–H and O–H groups in total. The Balaban J connectivity index is 1.55. The van der Waals surface area contributed by atoms with Gasteiger partial charge in [0.15, 0.2) is 5.65 Å². The van der Waals surface area contributed by atoms with Crippen molar-refractivity contribution in [2.75, 3.05) is 11.4 Å². The molecule has 30 heavy (non-hydrogen) atoms. The highest BCUT2D eigenvalue weighted by Crippen LogP contribution is 2.37. The third kappa shape index (κ3) is 3.08. The fourth-order valence-corrected chi connectivity index (χ4v) is 3.94. The van der Waals surface area contributed by atoms with Gasteiger partial charge in [-0.2, -0.15) is 19.0 Å². The lowest BCUT2D eigenvalue weighted by Gasteiger charge is -2.26. The first-order chi connectivity index (χ1) is 14.5. The second-order valence-corrected chi connectivity index (χ2v) is 7.12. The van der Waals surface area contributed by atoms with Gasteiger partial charge in [0.2, 0.25) is 0 Å². The summed E-state index contributed by atoms with van der Waals surface area (Å²) in [5.74, 6) is -0.369. The maximum absolute atomic E-state index is 14.4. The Hall–Kier alpha value is -3.43. The predicted molar refractivity (Wildman–Crippen MR) is 101 cm³/mol. The molecule has 1 aliphatic heterocycles. The zero-order valence-corrected chi connectivity index (χ0v) is 15.6. The quantitative estimate of drug-likeness (QED) is 0.456. The topological polar surface area (TPSA) is 51.2 Å². The van der Waals surface area contributed by atoms with Gasteiger partial charge in [-0.3, -0.25) is 0 Å². The zero-order valence-electron chi connectivity index (χ0n) is 15.6. The van der Waals surface area contributed by atoms with Crippen LogP contribution in [0.1, 0.15) is 31.0 Å². The molecule has 0 unspecified atom stereocenters. The molecule has 0 radical (unpaired) electrons. The first kappa shape index (κ1) is 18.6. The van der Waals surface area contributed by atoms with E-state index in [-0.39, 0.29) is 6.04 Å². The summed E-state index contributed by atoms with van der Waals surface area (Å²) in [6.45, 7) is -2.10. The molecule has 4 aromatic rings. The molecule has 0 aliphatic carbocycles. The van der Waals surface area contributed by atoms with Gasteiger partial charge in [-0.25, -0.2) is 23.0 Å². The van der Waals surface area contributed by atoms with Crippen molar-refractivity contribution >= 4 is 11.5 Å². The summed E-state index contributed by atoms with van der Waals surface area (Å²) in [6.07, 6.45) is 7.28. The fourth-order valence-electron chi connectivity index (χ4n) is 3.94. The lowest BCUT2D eigenvalue weighted by Crippen LogP contribution is -2.24. The van der Waals surface area contributed by atoms with E-state index < -0.39 is 18.2 Å². The van der Waals surface area contributed by atoms with Crippen molar-refractivity contribution in [3.05, 3.63) is 66.3 Å². The third-order valence-electron chi connectivity index (χ3n) is 5.33. The van der Waals surface area contributed by atoms with E-state index in [1.807, 2.05) is 4.90 Å². The summed E-state index contributed by atoms with van der Waals surface area (Å²) < 4.78 is 55.9. The number of hydrogen-bond acceptors (Lipinski definition) is 4. The average Bonchev–Trinajstić information content (AvgIpc) is 3.47. The summed E-state index contributed by atoms with van der Waals surface area (Å²) in [7, 11) is 0. The second kappa shape index (κ2) is 7.12. The number of aromatic nitrogens is 5. The first-order valence-corrected chi connectivity index (χ1v) is 9.40. The zero-order chi connectivity index (χ0) is 20.8. The van der Waals surface area contributed by atoms with Gasteiger partial charge >= 0.3 is 6.55 Å². The average molecular weight is 416 g/mol. The van der Waals surface area contributed by atoms with Crippen LogP contribution in [0.3, 0.4) is 0 Å². The Kier molecular flexibility index (Phi) is 4.41. The van der Waals surface area contributed by atoms with Crippen LogP contribution in [0, 0.1) is 11.6 Å². The van der Waals surface area contributed by atoms with Crippen LogP contribution >= 0.6 is 0 Å². The smallest absolute Gasteiger partial charge is 0.333 e. The van der Waals surface area contributed by atoms with Crippen LogP contribution in [0.4, 0.5) is 23.4 Å². The van der Waals surface area contributed by atoms with Gasteiger partial charge in [-0.05, 0) is 37.1 Å². The number of benzene rings is 1. The minimum Gasteiger partial charge on any atom is -0.349 e. The van der Waals surface area contributed by atoms with Crippen LogP contribution in [-0.2, 0) is 0 Å². The van der Waals surface area contributed by atoms with Crippen LogP contribution in [0.15, 0.2) is 49.1 Å². The molecular formula is C20H16F4N6. The van der Waals surface area contributed by atoms with E-state index >= 15 is 0 Å². The standard InChI is InChI=1S/C20H16F4N6/c21-13-3-4-16(22)14(8-13)17-2-1-6-28(17)18-5-7-29-19(27-18)15(10-26-29)12-9-25-30(11-12)20(23)24/h3-5,7-11,17,20H,1-2,6H2/t17-/m1/s1. The van der Waals surface area contributed by atoms with Gasteiger partial charge in [-0.1, -0.05) is 0 Å². The van der Waals surface area contributed by atoms with E-state index in [2.05, 4.69) is 15.2 Å². The van der Waals surface area contributed by atoms with Crippen molar-refractivity contribution < 1.29 is 17.6 Å². The molecule has 5 rings (SSSR count). The SMILES string of the molecule is Fc1ccc(F)c([C@H]2CCCN2c2ccn3ncc(-c4cnn(C(F)F)c4)c3n2)c1. The highest BCUT2D eigenvalue weighted by atomic mass is 19.3. The third-order valence-corrected chi connectivity index (χ3v) is 5.33. The summed E-state index contributed by atoms with van der Waals surface area (Å²) in [5.41, 5.74) is 1.77. The van der Waals surface area contributed by atoms with E-state index in [0.29, 0.717) is 45.8 Å². The van der Waals surface area contributed by atoms with Crippen molar-refractivity contribution in [2.24, 2.45) is 0 Å². The van der Waals surface area contributed by atoms with E-state index in [9.17, 15) is 17.6 Å². The highest BCUT2D eigenvalue weighted by molar-refractivity contribution is 5.77. The number of halogens is 4. The maximum atomic E-state index is 14.4. The van der Waals surface area contributed by atoms with Gasteiger partial charge in [0.1, 0.15) is 17.5 Å². The van der Waals surface area contributed by atoms with Crippen LogP contribution < -0.4 is 4.90 Å². The Morgan fingerprint density at radius 2 is 1.93 bits per heavy atom. The molecule has 1 saturated heterocycles. The van der Waals surface area contributed by atoms with Gasteiger partial charge in [0.05, 0.1) is 18.4 Å². The van der Waals surface area contributed by atoms with Crippen molar-refractivity contribution in [1.29, 1.82) is 0 Å². The number of anilines is 1. The van der Waals surface area contributed by atoms with Crippen LogP contribution in [0.5, 0.6) is 0 Å². The number of nitrogens with zero attached hydrogens (tertiary/aromatic N) is 6. The minimum atomic E-state index is -2.74. The Morgan fingerprint density at radius 3 is 2.73 bits per heavy atom. The van der Waals surface area contributed by atoms with E-state index in [1.165, 1.54) is 29.2 Å². The molecule has 1 aromatic carbocycles. The normalized spacial score (nSPS) is 16.8. The Bertz CT molecular complexity index is 1220. The van der Waals surface area contributed by atoms with Gasteiger partial charge in [0.25, 0.3) is 0 Å². The largest absolute Gasteiger partial charge is 0.349 e. The monoisotopic (exact) mass is 416 g/mol. The van der Waals surface area contributed by atoms with Crippen molar-refractivity contribution in [3.63, 3.8) is 0 Å². The number of rotatable bonds is 4. The van der Waals surface area contributed by atoms with E-state index in [1.54, 1.807) is 12.3 Å². The molecule has 154 valence electrons. The molecule has 6 nitrogen and oxygen atoms in total.